The molecule has 1 aliphatic rings. The van der Waals surface area contributed by atoms with Crippen LogP contribution in [0.15, 0.2) is 24.3 Å². The van der Waals surface area contributed by atoms with E-state index < -0.39 is 5.60 Å². The maximum Gasteiger partial charge on any atom is 0.119 e. The third-order valence-electron chi connectivity index (χ3n) is 2.81. The largest absolute Gasteiger partial charge is 0.491 e. The Morgan fingerprint density at radius 2 is 1.93 bits per heavy atom. The molecule has 1 aromatic carbocycles. The quantitative estimate of drug-likeness (QED) is 0.796. The van der Waals surface area contributed by atoms with Gasteiger partial charge in [-0.05, 0) is 38.3 Å². The highest BCUT2D eigenvalue weighted by atomic mass is 16.5. The second-order valence-electron chi connectivity index (χ2n) is 4.18. The van der Waals surface area contributed by atoms with Crippen LogP contribution in [0.3, 0.4) is 0 Å². The van der Waals surface area contributed by atoms with Gasteiger partial charge in [0.05, 0.1) is 5.60 Å². The number of hydrogen-bond donors (Lipinski definition) is 1. The molecule has 0 aromatic heterocycles. The Balaban J connectivity index is 1.88. The molecular formula is C12H16O2. The first kappa shape index (κ1) is 9.53. The van der Waals surface area contributed by atoms with Gasteiger partial charge in [-0.1, -0.05) is 17.7 Å². The van der Waals surface area contributed by atoms with Crippen LogP contribution in [0.2, 0.25) is 0 Å². The summed E-state index contributed by atoms with van der Waals surface area (Å²) in [5.74, 6) is 0.843. The van der Waals surface area contributed by atoms with Gasteiger partial charge in [0.1, 0.15) is 12.4 Å². The van der Waals surface area contributed by atoms with Crippen LogP contribution in [0.1, 0.15) is 24.8 Å². The molecule has 1 N–H and O–H groups in total. The Morgan fingerprint density at radius 3 is 2.43 bits per heavy atom. The molecule has 2 heteroatoms. The molecule has 1 fully saturated rings. The van der Waals surface area contributed by atoms with Crippen molar-refractivity contribution in [2.45, 2.75) is 31.8 Å². The number of aryl methyl sites for hydroxylation is 1. The van der Waals surface area contributed by atoms with Gasteiger partial charge in [-0.2, -0.15) is 0 Å². The van der Waals surface area contributed by atoms with Crippen molar-refractivity contribution in [3.05, 3.63) is 29.8 Å². The van der Waals surface area contributed by atoms with Crippen molar-refractivity contribution >= 4 is 0 Å². The molecule has 0 spiro atoms. The summed E-state index contributed by atoms with van der Waals surface area (Å²) in [6.07, 6.45) is 2.87. The van der Waals surface area contributed by atoms with Gasteiger partial charge >= 0.3 is 0 Å². The molecule has 1 aliphatic carbocycles. The molecule has 2 nitrogen and oxygen atoms in total. The van der Waals surface area contributed by atoms with Gasteiger partial charge in [0.25, 0.3) is 0 Å². The van der Waals surface area contributed by atoms with E-state index in [-0.39, 0.29) is 0 Å². The minimum Gasteiger partial charge on any atom is -0.491 e. The van der Waals surface area contributed by atoms with E-state index in [2.05, 4.69) is 0 Å². The molecule has 0 amide bonds. The number of benzene rings is 1. The van der Waals surface area contributed by atoms with E-state index in [0.29, 0.717) is 6.61 Å². The summed E-state index contributed by atoms with van der Waals surface area (Å²) in [5, 5.41) is 9.80. The van der Waals surface area contributed by atoms with Crippen LogP contribution in [-0.2, 0) is 0 Å². The Morgan fingerprint density at radius 1 is 1.29 bits per heavy atom. The number of hydrogen-bond acceptors (Lipinski definition) is 2. The predicted molar refractivity (Wildman–Crippen MR) is 55.5 cm³/mol. The van der Waals surface area contributed by atoms with Crippen molar-refractivity contribution in [3.63, 3.8) is 0 Å². The highest BCUT2D eigenvalue weighted by Gasteiger charge is 2.35. The maximum absolute atomic E-state index is 9.80. The van der Waals surface area contributed by atoms with Gasteiger partial charge < -0.3 is 9.84 Å². The molecule has 0 aliphatic heterocycles. The maximum atomic E-state index is 9.80. The van der Waals surface area contributed by atoms with E-state index in [4.69, 9.17) is 4.74 Å². The van der Waals surface area contributed by atoms with E-state index in [0.717, 1.165) is 25.0 Å². The lowest BCUT2D eigenvalue weighted by Crippen LogP contribution is -2.42. The third-order valence-corrected chi connectivity index (χ3v) is 2.81. The average molecular weight is 192 g/mol. The molecule has 14 heavy (non-hydrogen) atoms. The van der Waals surface area contributed by atoms with Crippen LogP contribution in [-0.4, -0.2) is 17.3 Å². The van der Waals surface area contributed by atoms with Crippen molar-refractivity contribution in [3.8, 4) is 5.75 Å². The summed E-state index contributed by atoms with van der Waals surface area (Å²) in [4.78, 5) is 0. The van der Waals surface area contributed by atoms with Gasteiger partial charge in [0.2, 0.25) is 0 Å². The number of rotatable bonds is 3. The Labute approximate surface area is 84.5 Å². The first-order valence-electron chi connectivity index (χ1n) is 5.10. The molecule has 0 saturated heterocycles. The van der Waals surface area contributed by atoms with Gasteiger partial charge in [-0.15, -0.1) is 0 Å². The lowest BCUT2D eigenvalue weighted by atomic mass is 9.81. The fourth-order valence-electron chi connectivity index (χ4n) is 1.58. The summed E-state index contributed by atoms with van der Waals surface area (Å²) in [5.41, 5.74) is 0.671. The van der Waals surface area contributed by atoms with Crippen molar-refractivity contribution < 1.29 is 9.84 Å². The summed E-state index contributed by atoms with van der Waals surface area (Å²) in [6.45, 7) is 2.47. The molecule has 0 unspecified atom stereocenters. The summed E-state index contributed by atoms with van der Waals surface area (Å²) < 4.78 is 5.52. The first-order chi connectivity index (χ1) is 6.68. The third kappa shape index (κ3) is 2.07. The molecule has 0 bridgehead atoms. The van der Waals surface area contributed by atoms with E-state index in [1.54, 1.807) is 0 Å². The second-order valence-corrected chi connectivity index (χ2v) is 4.18. The Hall–Kier alpha value is -1.02. The SMILES string of the molecule is Cc1ccc(OCC2(O)CCC2)cc1. The smallest absolute Gasteiger partial charge is 0.119 e. The topological polar surface area (TPSA) is 29.5 Å². The Bertz CT molecular complexity index is 299. The predicted octanol–water partition coefficient (Wildman–Crippen LogP) is 2.29. The molecule has 0 atom stereocenters. The van der Waals surface area contributed by atoms with Crippen LogP contribution >= 0.6 is 0 Å². The first-order valence-corrected chi connectivity index (χ1v) is 5.10. The molecule has 0 heterocycles. The second kappa shape index (κ2) is 3.62. The standard InChI is InChI=1S/C12H16O2/c1-10-3-5-11(6-4-10)14-9-12(13)7-2-8-12/h3-6,13H,2,7-9H2,1H3. The van der Waals surface area contributed by atoms with Crippen LogP contribution in [0.25, 0.3) is 0 Å². The Kier molecular flexibility index (Phi) is 2.46. The average Bonchev–Trinajstić information content (AvgIpc) is 2.14. The van der Waals surface area contributed by atoms with E-state index in [1.165, 1.54) is 5.56 Å². The van der Waals surface area contributed by atoms with Crippen molar-refractivity contribution in [2.75, 3.05) is 6.61 Å². The number of ether oxygens (including phenoxy) is 1. The molecule has 76 valence electrons. The zero-order chi connectivity index (χ0) is 10.0. The minimum absolute atomic E-state index is 0.427. The van der Waals surface area contributed by atoms with Gasteiger partial charge in [-0.25, -0.2) is 0 Å². The van der Waals surface area contributed by atoms with Crippen LogP contribution in [0.5, 0.6) is 5.75 Å². The molecular weight excluding hydrogens is 176 g/mol. The van der Waals surface area contributed by atoms with Crippen LogP contribution < -0.4 is 4.74 Å². The highest BCUT2D eigenvalue weighted by Crippen LogP contribution is 2.32. The zero-order valence-corrected chi connectivity index (χ0v) is 8.49. The van der Waals surface area contributed by atoms with E-state index >= 15 is 0 Å². The normalized spacial score (nSPS) is 18.7. The molecule has 0 radical (unpaired) electrons. The summed E-state index contributed by atoms with van der Waals surface area (Å²) >= 11 is 0. The van der Waals surface area contributed by atoms with Gasteiger partial charge in [0.15, 0.2) is 0 Å². The van der Waals surface area contributed by atoms with E-state index in [1.807, 2.05) is 31.2 Å². The lowest BCUT2D eigenvalue weighted by molar-refractivity contribution is -0.0663. The minimum atomic E-state index is -0.551. The van der Waals surface area contributed by atoms with Gasteiger partial charge in [0, 0.05) is 0 Å². The fraction of sp³-hybridized carbons (Fsp3) is 0.500. The lowest BCUT2D eigenvalue weighted by Gasteiger charge is -2.35. The zero-order valence-electron chi connectivity index (χ0n) is 8.49. The summed E-state index contributed by atoms with van der Waals surface area (Å²) in [7, 11) is 0. The van der Waals surface area contributed by atoms with Crippen molar-refractivity contribution in [1.29, 1.82) is 0 Å². The summed E-state index contributed by atoms with van der Waals surface area (Å²) in [6, 6.07) is 7.91. The highest BCUT2D eigenvalue weighted by molar-refractivity contribution is 5.26. The van der Waals surface area contributed by atoms with Crippen molar-refractivity contribution in [2.24, 2.45) is 0 Å². The fourth-order valence-corrected chi connectivity index (χ4v) is 1.58. The van der Waals surface area contributed by atoms with Crippen LogP contribution in [0, 0.1) is 6.92 Å². The van der Waals surface area contributed by atoms with Crippen LogP contribution in [0.4, 0.5) is 0 Å². The van der Waals surface area contributed by atoms with Crippen molar-refractivity contribution in [1.82, 2.24) is 0 Å². The molecule has 1 aromatic rings. The molecule has 2 rings (SSSR count). The number of aliphatic hydroxyl groups is 1. The van der Waals surface area contributed by atoms with Gasteiger partial charge in [-0.3, -0.25) is 0 Å². The van der Waals surface area contributed by atoms with E-state index in [9.17, 15) is 5.11 Å². The molecule has 1 saturated carbocycles. The monoisotopic (exact) mass is 192 g/mol.